The van der Waals surface area contributed by atoms with E-state index in [2.05, 4.69) is 4.98 Å². The molecular weight excluding hydrogens is 214 g/mol. The Morgan fingerprint density at radius 1 is 1.35 bits per heavy atom. The largest absolute Gasteiger partial charge is 0.388 e. The molecule has 92 valence electrons. The molecule has 1 aromatic heterocycles. The molecule has 3 heteroatoms. The molecule has 1 aromatic carbocycles. The highest BCUT2D eigenvalue weighted by molar-refractivity contribution is 5.79. The number of aromatic nitrogens is 1. The van der Waals surface area contributed by atoms with Crippen LogP contribution in [0, 0.1) is 0 Å². The molecular formula is C14H19NO2. The molecule has 3 nitrogen and oxygen atoms in total. The molecule has 1 atom stereocenters. The van der Waals surface area contributed by atoms with Crippen LogP contribution in [-0.2, 0) is 4.74 Å². The number of hydrogen-bond acceptors (Lipinski definition) is 2. The van der Waals surface area contributed by atoms with E-state index >= 15 is 0 Å². The SMILES string of the molecule is COC(C)(C)CC(O)c1ccc2[nH]ccc2c1. The Hall–Kier alpha value is -1.32. The Balaban J connectivity index is 2.21. The monoisotopic (exact) mass is 233 g/mol. The summed E-state index contributed by atoms with van der Waals surface area (Å²) < 4.78 is 5.34. The number of benzene rings is 1. The van der Waals surface area contributed by atoms with Crippen molar-refractivity contribution >= 4 is 10.9 Å². The third kappa shape index (κ3) is 2.68. The van der Waals surface area contributed by atoms with E-state index in [-0.39, 0.29) is 5.60 Å². The van der Waals surface area contributed by atoms with Crippen molar-refractivity contribution in [2.75, 3.05) is 7.11 Å². The molecule has 0 aliphatic rings. The van der Waals surface area contributed by atoms with Gasteiger partial charge in [-0.1, -0.05) is 6.07 Å². The first-order valence-electron chi connectivity index (χ1n) is 5.82. The van der Waals surface area contributed by atoms with Gasteiger partial charge in [0, 0.05) is 25.2 Å². The van der Waals surface area contributed by atoms with Gasteiger partial charge in [0.1, 0.15) is 0 Å². The summed E-state index contributed by atoms with van der Waals surface area (Å²) in [6.45, 7) is 3.95. The van der Waals surface area contributed by atoms with Crippen molar-refractivity contribution in [2.24, 2.45) is 0 Å². The Morgan fingerprint density at radius 2 is 2.12 bits per heavy atom. The van der Waals surface area contributed by atoms with Crippen molar-refractivity contribution in [3.8, 4) is 0 Å². The number of hydrogen-bond donors (Lipinski definition) is 2. The minimum Gasteiger partial charge on any atom is -0.388 e. The fourth-order valence-corrected chi connectivity index (χ4v) is 1.95. The highest BCUT2D eigenvalue weighted by atomic mass is 16.5. The molecule has 0 radical (unpaired) electrons. The smallest absolute Gasteiger partial charge is 0.0817 e. The zero-order valence-electron chi connectivity index (χ0n) is 10.5. The topological polar surface area (TPSA) is 45.2 Å². The van der Waals surface area contributed by atoms with E-state index in [1.807, 2.05) is 44.3 Å². The van der Waals surface area contributed by atoms with Gasteiger partial charge in [-0.15, -0.1) is 0 Å². The van der Waals surface area contributed by atoms with Crippen LogP contribution in [-0.4, -0.2) is 22.8 Å². The van der Waals surface area contributed by atoms with E-state index in [9.17, 15) is 5.11 Å². The van der Waals surface area contributed by atoms with Crippen molar-refractivity contribution in [2.45, 2.75) is 32.0 Å². The maximum Gasteiger partial charge on any atom is 0.0817 e. The number of aliphatic hydroxyl groups excluding tert-OH is 1. The maximum atomic E-state index is 10.2. The van der Waals surface area contributed by atoms with Crippen LogP contribution in [0.4, 0.5) is 0 Å². The van der Waals surface area contributed by atoms with E-state index < -0.39 is 6.10 Å². The molecule has 0 amide bonds. The number of aliphatic hydroxyl groups is 1. The molecule has 0 bridgehead atoms. The lowest BCUT2D eigenvalue weighted by atomic mass is 9.95. The molecule has 0 spiro atoms. The van der Waals surface area contributed by atoms with Crippen molar-refractivity contribution < 1.29 is 9.84 Å². The van der Waals surface area contributed by atoms with Gasteiger partial charge in [0.25, 0.3) is 0 Å². The minimum absolute atomic E-state index is 0.313. The number of aromatic amines is 1. The van der Waals surface area contributed by atoms with Gasteiger partial charge in [-0.2, -0.15) is 0 Å². The van der Waals surface area contributed by atoms with E-state index in [0.29, 0.717) is 6.42 Å². The van der Waals surface area contributed by atoms with E-state index in [0.717, 1.165) is 16.5 Å². The van der Waals surface area contributed by atoms with Gasteiger partial charge in [0.05, 0.1) is 11.7 Å². The number of nitrogens with one attached hydrogen (secondary N) is 1. The number of H-pyrrole nitrogens is 1. The minimum atomic E-state index is -0.496. The molecule has 0 fully saturated rings. The van der Waals surface area contributed by atoms with Crippen LogP contribution in [0.15, 0.2) is 30.5 Å². The zero-order valence-corrected chi connectivity index (χ0v) is 10.5. The van der Waals surface area contributed by atoms with Crippen LogP contribution >= 0.6 is 0 Å². The lowest BCUT2D eigenvalue weighted by Crippen LogP contribution is -2.25. The molecule has 1 unspecified atom stereocenters. The van der Waals surface area contributed by atoms with Gasteiger partial charge in [-0.3, -0.25) is 0 Å². The van der Waals surface area contributed by atoms with Crippen LogP contribution in [0.3, 0.4) is 0 Å². The van der Waals surface area contributed by atoms with Crippen molar-refractivity contribution in [1.29, 1.82) is 0 Å². The van der Waals surface area contributed by atoms with E-state index in [4.69, 9.17) is 4.74 Å². The van der Waals surface area contributed by atoms with Crippen LogP contribution in [0.2, 0.25) is 0 Å². The quantitative estimate of drug-likeness (QED) is 0.852. The fourth-order valence-electron chi connectivity index (χ4n) is 1.95. The molecule has 17 heavy (non-hydrogen) atoms. The summed E-state index contributed by atoms with van der Waals surface area (Å²) >= 11 is 0. The average molecular weight is 233 g/mol. The number of fused-ring (bicyclic) bond motifs is 1. The Morgan fingerprint density at radius 3 is 2.82 bits per heavy atom. The van der Waals surface area contributed by atoms with Gasteiger partial charge in [-0.05, 0) is 43.0 Å². The van der Waals surface area contributed by atoms with Gasteiger partial charge in [0.2, 0.25) is 0 Å². The Kier molecular flexibility index (Phi) is 3.22. The van der Waals surface area contributed by atoms with Crippen molar-refractivity contribution in [3.05, 3.63) is 36.0 Å². The van der Waals surface area contributed by atoms with Crippen molar-refractivity contribution in [1.82, 2.24) is 4.98 Å². The fraction of sp³-hybridized carbons (Fsp3) is 0.429. The number of rotatable bonds is 4. The predicted molar refractivity (Wildman–Crippen MR) is 69.0 cm³/mol. The van der Waals surface area contributed by atoms with Gasteiger partial charge < -0.3 is 14.8 Å². The standard InChI is InChI=1S/C14H19NO2/c1-14(2,17-3)9-13(16)11-4-5-12-10(8-11)6-7-15-12/h4-8,13,15-16H,9H2,1-3H3. The van der Waals surface area contributed by atoms with Crippen LogP contribution < -0.4 is 0 Å². The molecule has 0 aliphatic heterocycles. The highest BCUT2D eigenvalue weighted by Crippen LogP contribution is 2.27. The first kappa shape index (κ1) is 12.1. The average Bonchev–Trinajstić information content (AvgIpc) is 2.75. The first-order valence-corrected chi connectivity index (χ1v) is 5.82. The van der Waals surface area contributed by atoms with Crippen LogP contribution in [0.1, 0.15) is 31.9 Å². The molecule has 2 N–H and O–H groups in total. The van der Waals surface area contributed by atoms with E-state index in [1.165, 1.54) is 0 Å². The first-order chi connectivity index (χ1) is 8.02. The summed E-state index contributed by atoms with van der Waals surface area (Å²) in [7, 11) is 1.67. The molecule has 1 heterocycles. The highest BCUT2D eigenvalue weighted by Gasteiger charge is 2.22. The lowest BCUT2D eigenvalue weighted by molar-refractivity contribution is -0.0200. The second kappa shape index (κ2) is 4.51. The Bertz CT molecular complexity index is 502. The van der Waals surface area contributed by atoms with Gasteiger partial charge in [0.15, 0.2) is 0 Å². The summed E-state index contributed by atoms with van der Waals surface area (Å²) in [5.41, 5.74) is 1.71. The lowest BCUT2D eigenvalue weighted by Gasteiger charge is -2.26. The second-order valence-corrected chi connectivity index (χ2v) is 5.01. The van der Waals surface area contributed by atoms with Crippen LogP contribution in [0.25, 0.3) is 10.9 Å². The Labute approximate surface area is 101 Å². The number of ether oxygens (including phenoxy) is 1. The zero-order chi connectivity index (χ0) is 12.5. The molecule has 2 rings (SSSR count). The molecule has 0 saturated carbocycles. The summed E-state index contributed by atoms with van der Waals surface area (Å²) in [4.78, 5) is 3.14. The number of methoxy groups -OCH3 is 1. The normalized spacial score (nSPS) is 14.1. The molecule has 2 aromatic rings. The third-order valence-corrected chi connectivity index (χ3v) is 3.20. The van der Waals surface area contributed by atoms with Gasteiger partial charge >= 0.3 is 0 Å². The summed E-state index contributed by atoms with van der Waals surface area (Å²) in [6.07, 6.45) is 1.99. The third-order valence-electron chi connectivity index (χ3n) is 3.20. The van der Waals surface area contributed by atoms with Crippen molar-refractivity contribution in [3.63, 3.8) is 0 Å². The molecule has 0 saturated heterocycles. The summed E-state index contributed by atoms with van der Waals surface area (Å²) in [6, 6.07) is 7.97. The molecule has 0 aliphatic carbocycles. The predicted octanol–water partition coefficient (Wildman–Crippen LogP) is 3.02. The maximum absolute atomic E-state index is 10.2. The summed E-state index contributed by atoms with van der Waals surface area (Å²) in [5.74, 6) is 0. The van der Waals surface area contributed by atoms with Crippen LogP contribution in [0.5, 0.6) is 0 Å². The van der Waals surface area contributed by atoms with E-state index in [1.54, 1.807) is 7.11 Å². The second-order valence-electron chi connectivity index (χ2n) is 5.01. The summed E-state index contributed by atoms with van der Waals surface area (Å²) in [5, 5.41) is 11.3. The van der Waals surface area contributed by atoms with Gasteiger partial charge in [-0.25, -0.2) is 0 Å².